The summed E-state index contributed by atoms with van der Waals surface area (Å²) in [5, 5.41) is 11.6. The van der Waals surface area contributed by atoms with E-state index in [9.17, 15) is 9.59 Å². The number of primary amides is 1. The number of carboxylic acids is 1. The molecular weight excluding hydrogens is 234 g/mol. The number of rotatable bonds is 7. The van der Waals surface area contributed by atoms with Crippen molar-refractivity contribution < 1.29 is 14.7 Å². The lowest BCUT2D eigenvalue weighted by atomic mass is 10.1. The molecule has 0 aromatic carbocycles. The van der Waals surface area contributed by atoms with Gasteiger partial charge in [-0.25, -0.2) is 4.98 Å². The van der Waals surface area contributed by atoms with Crippen molar-refractivity contribution in [1.82, 2.24) is 4.98 Å². The lowest BCUT2D eigenvalue weighted by Crippen LogP contribution is -2.17. The molecule has 1 amide bonds. The highest BCUT2D eigenvalue weighted by atomic mass is 16.4. The molecule has 6 nitrogen and oxygen atoms in total. The maximum Gasteiger partial charge on any atom is 0.303 e. The SMILES string of the molecule is CC(CCCC(=O)O)Nc1cc(C(N)=O)ccn1. The minimum absolute atomic E-state index is 0.0833. The van der Waals surface area contributed by atoms with Crippen molar-refractivity contribution in [2.45, 2.75) is 32.2 Å². The van der Waals surface area contributed by atoms with Crippen LogP contribution in [0.5, 0.6) is 0 Å². The molecule has 1 unspecified atom stereocenters. The molecule has 0 aliphatic heterocycles. The molecule has 0 aliphatic carbocycles. The fourth-order valence-corrected chi connectivity index (χ4v) is 1.55. The summed E-state index contributed by atoms with van der Waals surface area (Å²) in [6.07, 6.45) is 2.97. The molecule has 0 spiro atoms. The lowest BCUT2D eigenvalue weighted by molar-refractivity contribution is -0.137. The number of hydrogen-bond acceptors (Lipinski definition) is 4. The average molecular weight is 251 g/mol. The van der Waals surface area contributed by atoms with Gasteiger partial charge in [-0.1, -0.05) is 0 Å². The van der Waals surface area contributed by atoms with E-state index in [-0.39, 0.29) is 12.5 Å². The molecule has 0 aliphatic rings. The van der Waals surface area contributed by atoms with E-state index in [1.54, 1.807) is 12.1 Å². The quantitative estimate of drug-likeness (QED) is 0.676. The summed E-state index contributed by atoms with van der Waals surface area (Å²) in [7, 11) is 0. The number of nitrogens with zero attached hydrogens (tertiary/aromatic N) is 1. The molecule has 1 aromatic rings. The maximum atomic E-state index is 11.0. The molecule has 1 rings (SSSR count). The van der Waals surface area contributed by atoms with E-state index in [2.05, 4.69) is 10.3 Å². The van der Waals surface area contributed by atoms with Crippen LogP contribution in [0, 0.1) is 0 Å². The van der Waals surface area contributed by atoms with Crippen molar-refractivity contribution in [3.05, 3.63) is 23.9 Å². The van der Waals surface area contributed by atoms with Gasteiger partial charge in [0.15, 0.2) is 0 Å². The summed E-state index contributed by atoms with van der Waals surface area (Å²) in [5.41, 5.74) is 5.56. The Balaban J connectivity index is 2.48. The summed E-state index contributed by atoms with van der Waals surface area (Å²) in [4.78, 5) is 25.4. The monoisotopic (exact) mass is 251 g/mol. The van der Waals surface area contributed by atoms with Crippen LogP contribution in [0.3, 0.4) is 0 Å². The Morgan fingerprint density at radius 2 is 2.28 bits per heavy atom. The first-order valence-corrected chi connectivity index (χ1v) is 5.73. The first-order chi connectivity index (χ1) is 8.49. The Morgan fingerprint density at radius 3 is 2.89 bits per heavy atom. The number of anilines is 1. The van der Waals surface area contributed by atoms with E-state index >= 15 is 0 Å². The van der Waals surface area contributed by atoms with Crippen molar-refractivity contribution in [3.8, 4) is 0 Å². The minimum Gasteiger partial charge on any atom is -0.481 e. The Kier molecular flexibility index (Phi) is 5.10. The molecule has 1 aromatic heterocycles. The number of nitrogens with one attached hydrogen (secondary N) is 1. The van der Waals surface area contributed by atoms with Crippen molar-refractivity contribution in [2.24, 2.45) is 5.73 Å². The van der Waals surface area contributed by atoms with E-state index in [1.807, 2.05) is 6.92 Å². The zero-order valence-corrected chi connectivity index (χ0v) is 10.2. The molecule has 98 valence electrons. The van der Waals surface area contributed by atoms with Gasteiger partial charge in [0.2, 0.25) is 5.91 Å². The molecule has 6 heteroatoms. The van der Waals surface area contributed by atoms with Crippen molar-refractivity contribution >= 4 is 17.7 Å². The van der Waals surface area contributed by atoms with Gasteiger partial charge in [-0.05, 0) is 31.9 Å². The third-order valence-corrected chi connectivity index (χ3v) is 2.47. The number of amides is 1. The van der Waals surface area contributed by atoms with Gasteiger partial charge in [-0.15, -0.1) is 0 Å². The predicted molar refractivity (Wildman–Crippen MR) is 67.3 cm³/mol. The third kappa shape index (κ3) is 4.82. The smallest absolute Gasteiger partial charge is 0.303 e. The van der Waals surface area contributed by atoms with Crippen molar-refractivity contribution in [3.63, 3.8) is 0 Å². The van der Waals surface area contributed by atoms with Crippen LogP contribution in [-0.2, 0) is 4.79 Å². The van der Waals surface area contributed by atoms with Crippen molar-refractivity contribution in [1.29, 1.82) is 0 Å². The van der Waals surface area contributed by atoms with Crippen molar-refractivity contribution in [2.75, 3.05) is 5.32 Å². The Hall–Kier alpha value is -2.11. The average Bonchev–Trinajstić information content (AvgIpc) is 2.28. The second-order valence-electron chi connectivity index (χ2n) is 4.13. The van der Waals surface area contributed by atoms with E-state index < -0.39 is 11.9 Å². The summed E-state index contributed by atoms with van der Waals surface area (Å²) in [6, 6.07) is 3.21. The van der Waals surface area contributed by atoms with Gasteiger partial charge in [-0.2, -0.15) is 0 Å². The lowest BCUT2D eigenvalue weighted by Gasteiger charge is -2.14. The van der Waals surface area contributed by atoms with Gasteiger partial charge in [0, 0.05) is 24.2 Å². The number of aromatic nitrogens is 1. The van der Waals surface area contributed by atoms with Crippen LogP contribution in [0.1, 0.15) is 36.5 Å². The van der Waals surface area contributed by atoms with Gasteiger partial charge in [0.25, 0.3) is 0 Å². The molecule has 0 saturated heterocycles. The predicted octanol–water partition coefficient (Wildman–Crippen LogP) is 1.24. The van der Waals surface area contributed by atoms with Crippen LogP contribution >= 0.6 is 0 Å². The number of carboxylic acid groups (broad SMARTS) is 1. The first kappa shape index (κ1) is 14.0. The maximum absolute atomic E-state index is 11.0. The molecule has 0 radical (unpaired) electrons. The number of nitrogens with two attached hydrogens (primary N) is 1. The number of aliphatic carboxylic acids is 1. The molecule has 0 bridgehead atoms. The largest absolute Gasteiger partial charge is 0.481 e. The van der Waals surface area contributed by atoms with Crippen LogP contribution in [0.4, 0.5) is 5.82 Å². The van der Waals surface area contributed by atoms with E-state index in [0.717, 1.165) is 6.42 Å². The highest BCUT2D eigenvalue weighted by Crippen LogP contribution is 2.10. The van der Waals surface area contributed by atoms with E-state index in [4.69, 9.17) is 10.8 Å². The summed E-state index contributed by atoms with van der Waals surface area (Å²) >= 11 is 0. The topological polar surface area (TPSA) is 105 Å². The molecule has 1 atom stereocenters. The number of carbonyl (C=O) groups is 2. The third-order valence-electron chi connectivity index (χ3n) is 2.47. The second kappa shape index (κ2) is 6.58. The van der Waals surface area contributed by atoms with Crippen LogP contribution in [0.25, 0.3) is 0 Å². The first-order valence-electron chi connectivity index (χ1n) is 5.73. The Morgan fingerprint density at radius 1 is 1.56 bits per heavy atom. The normalized spacial score (nSPS) is 11.8. The standard InChI is InChI=1S/C12H17N3O3/c1-8(3-2-4-11(16)17)15-10-7-9(12(13)18)5-6-14-10/h5-8H,2-4H2,1H3,(H2,13,18)(H,14,15)(H,16,17). The summed E-state index contributed by atoms with van der Waals surface area (Å²) < 4.78 is 0. The molecule has 18 heavy (non-hydrogen) atoms. The fourth-order valence-electron chi connectivity index (χ4n) is 1.55. The molecule has 4 N–H and O–H groups in total. The van der Waals surface area contributed by atoms with Crippen LogP contribution in [-0.4, -0.2) is 28.0 Å². The van der Waals surface area contributed by atoms with E-state index in [1.165, 1.54) is 6.20 Å². The van der Waals surface area contributed by atoms with Gasteiger partial charge in [0.1, 0.15) is 5.82 Å². The second-order valence-corrected chi connectivity index (χ2v) is 4.13. The van der Waals surface area contributed by atoms with Crippen LogP contribution in [0.15, 0.2) is 18.3 Å². The molecule has 1 heterocycles. The van der Waals surface area contributed by atoms with Crippen LogP contribution in [0.2, 0.25) is 0 Å². The van der Waals surface area contributed by atoms with Crippen LogP contribution < -0.4 is 11.1 Å². The highest BCUT2D eigenvalue weighted by molar-refractivity contribution is 5.93. The molecule has 0 saturated carbocycles. The Labute approximate surface area is 105 Å². The fraction of sp³-hybridized carbons (Fsp3) is 0.417. The molecular formula is C12H17N3O3. The van der Waals surface area contributed by atoms with E-state index in [0.29, 0.717) is 17.8 Å². The zero-order valence-electron chi connectivity index (χ0n) is 10.2. The summed E-state index contributed by atoms with van der Waals surface area (Å²) in [6.45, 7) is 1.93. The van der Waals surface area contributed by atoms with Gasteiger partial charge >= 0.3 is 5.97 Å². The number of hydrogen-bond donors (Lipinski definition) is 3. The Bertz CT molecular complexity index is 434. The van der Waals surface area contributed by atoms with Gasteiger partial charge in [0.05, 0.1) is 0 Å². The number of pyridine rings is 1. The number of carbonyl (C=O) groups excluding carboxylic acids is 1. The van der Waals surface area contributed by atoms with Gasteiger partial charge < -0.3 is 16.2 Å². The minimum atomic E-state index is -0.795. The summed E-state index contributed by atoms with van der Waals surface area (Å²) in [5.74, 6) is -0.732. The highest BCUT2D eigenvalue weighted by Gasteiger charge is 2.06. The molecule has 0 fully saturated rings. The zero-order chi connectivity index (χ0) is 13.5. The van der Waals surface area contributed by atoms with Gasteiger partial charge in [-0.3, -0.25) is 9.59 Å².